The zero-order valence-electron chi connectivity index (χ0n) is 14.5. The van der Waals surface area contributed by atoms with Gasteiger partial charge in [-0.2, -0.15) is 0 Å². The quantitative estimate of drug-likeness (QED) is 0.357. The molecule has 1 saturated carbocycles. The molecule has 1 fully saturated rings. The summed E-state index contributed by atoms with van der Waals surface area (Å²) in [7, 11) is 5.99. The van der Waals surface area contributed by atoms with Gasteiger partial charge in [0.15, 0.2) is 5.96 Å². The summed E-state index contributed by atoms with van der Waals surface area (Å²) in [5, 5.41) is 3.48. The first kappa shape index (κ1) is 20.8. The molecule has 0 saturated heterocycles. The molecular weight excluding hydrogens is 469 g/mol. The first-order valence-electron chi connectivity index (χ1n) is 8.01. The van der Waals surface area contributed by atoms with Crippen LogP contribution in [0.3, 0.4) is 0 Å². The summed E-state index contributed by atoms with van der Waals surface area (Å²) in [6, 6.07) is 2.97. The van der Waals surface area contributed by atoms with Crippen molar-refractivity contribution >= 4 is 45.9 Å². The third-order valence-corrected chi connectivity index (χ3v) is 4.63. The summed E-state index contributed by atoms with van der Waals surface area (Å²) in [4.78, 5) is 9.11. The highest BCUT2D eigenvalue weighted by Gasteiger charge is 2.27. The number of guanidine groups is 1. The monoisotopic (exact) mass is 497 g/mol. The van der Waals surface area contributed by atoms with Crippen molar-refractivity contribution in [3.63, 3.8) is 0 Å². The van der Waals surface area contributed by atoms with Gasteiger partial charge in [0.2, 0.25) is 0 Å². The largest absolute Gasteiger partial charge is 0.355 e. The van der Waals surface area contributed by atoms with Crippen molar-refractivity contribution < 1.29 is 0 Å². The smallest absolute Gasteiger partial charge is 0.193 e. The second-order valence-corrected chi connectivity index (χ2v) is 6.87. The molecule has 23 heavy (non-hydrogen) atoms. The number of aliphatic imine (C=N–C) groups is 1. The van der Waals surface area contributed by atoms with Crippen molar-refractivity contribution in [3.8, 4) is 0 Å². The minimum absolute atomic E-state index is 0. The van der Waals surface area contributed by atoms with E-state index in [4.69, 9.17) is 0 Å². The lowest BCUT2D eigenvalue weighted by Crippen LogP contribution is -2.42. The standard InChI is InChI=1S/C16H28BrN5.HI/c1-5-22(14-6-7-14)9-8-19-16(18-2)21(4)12-15-10-13(17)11-20(15)3;/h10-11,14H,5-9,12H2,1-4H3,(H,18,19);1H. The Bertz CT molecular complexity index is 513. The topological polar surface area (TPSA) is 35.8 Å². The highest BCUT2D eigenvalue weighted by molar-refractivity contribution is 14.0. The molecule has 1 aromatic heterocycles. The number of aromatic nitrogens is 1. The predicted molar refractivity (Wildman–Crippen MR) is 112 cm³/mol. The third kappa shape index (κ3) is 6.26. The van der Waals surface area contributed by atoms with E-state index in [1.54, 1.807) is 0 Å². The fraction of sp³-hybridized carbons (Fsp3) is 0.688. The van der Waals surface area contributed by atoms with E-state index in [2.05, 4.69) is 73.9 Å². The van der Waals surface area contributed by atoms with Crippen LogP contribution in [0.25, 0.3) is 0 Å². The van der Waals surface area contributed by atoms with E-state index in [0.29, 0.717) is 0 Å². The Hall–Kier alpha value is -0.280. The zero-order chi connectivity index (χ0) is 16.1. The van der Waals surface area contributed by atoms with Crippen LogP contribution >= 0.6 is 39.9 Å². The number of aryl methyl sites for hydroxylation is 1. The van der Waals surface area contributed by atoms with E-state index in [1.165, 1.54) is 18.5 Å². The summed E-state index contributed by atoms with van der Waals surface area (Å²) in [5.74, 6) is 0.948. The lowest BCUT2D eigenvalue weighted by Gasteiger charge is -2.24. The second-order valence-electron chi connectivity index (χ2n) is 5.95. The van der Waals surface area contributed by atoms with Crippen LogP contribution in [-0.4, -0.2) is 60.1 Å². The molecule has 0 aliphatic heterocycles. The SMILES string of the molecule is CCN(CCNC(=NC)N(C)Cc1cc(Br)cn1C)C1CC1.I. The molecule has 0 radical (unpaired) electrons. The molecular formula is C16H29BrIN5. The normalized spacial score (nSPS) is 14.8. The molecule has 0 atom stereocenters. The maximum absolute atomic E-state index is 4.40. The zero-order valence-corrected chi connectivity index (χ0v) is 18.5. The molecule has 132 valence electrons. The molecule has 0 bridgehead atoms. The number of nitrogens with one attached hydrogen (secondary N) is 1. The summed E-state index contributed by atoms with van der Waals surface area (Å²) >= 11 is 3.52. The molecule has 0 unspecified atom stereocenters. The van der Waals surface area contributed by atoms with Gasteiger partial charge in [0.25, 0.3) is 0 Å². The Labute approximate surface area is 165 Å². The van der Waals surface area contributed by atoms with Gasteiger partial charge in [-0.15, -0.1) is 24.0 Å². The van der Waals surface area contributed by atoms with E-state index in [9.17, 15) is 0 Å². The van der Waals surface area contributed by atoms with Crippen molar-refractivity contribution in [2.75, 3.05) is 33.7 Å². The van der Waals surface area contributed by atoms with Crippen molar-refractivity contribution in [1.29, 1.82) is 0 Å². The highest BCUT2D eigenvalue weighted by Crippen LogP contribution is 2.25. The number of nitrogens with zero attached hydrogens (tertiary/aromatic N) is 4. The number of rotatable bonds is 7. The Kier molecular flexibility index (Phi) is 8.92. The summed E-state index contributed by atoms with van der Waals surface area (Å²) < 4.78 is 3.25. The van der Waals surface area contributed by atoms with Gasteiger partial charge in [-0.05, 0) is 41.4 Å². The number of likely N-dealkylation sites (N-methyl/N-ethyl adjacent to an activating group) is 1. The Morgan fingerprint density at radius 1 is 1.48 bits per heavy atom. The highest BCUT2D eigenvalue weighted by atomic mass is 127. The van der Waals surface area contributed by atoms with Crippen molar-refractivity contribution in [1.82, 2.24) is 19.7 Å². The average Bonchev–Trinajstić information content (AvgIpc) is 3.26. The average molecular weight is 498 g/mol. The fourth-order valence-electron chi connectivity index (χ4n) is 2.78. The van der Waals surface area contributed by atoms with Gasteiger partial charge in [-0.3, -0.25) is 9.89 Å². The first-order valence-corrected chi connectivity index (χ1v) is 8.81. The van der Waals surface area contributed by atoms with Crippen LogP contribution < -0.4 is 5.32 Å². The Morgan fingerprint density at radius 2 is 2.17 bits per heavy atom. The molecule has 5 nitrogen and oxygen atoms in total. The molecule has 0 amide bonds. The van der Waals surface area contributed by atoms with E-state index < -0.39 is 0 Å². The molecule has 1 aliphatic carbocycles. The minimum atomic E-state index is 0. The van der Waals surface area contributed by atoms with Crippen LogP contribution in [0, 0.1) is 0 Å². The van der Waals surface area contributed by atoms with Gasteiger partial charge in [0, 0.05) is 56.6 Å². The van der Waals surface area contributed by atoms with E-state index in [1.807, 2.05) is 7.05 Å². The number of hydrogen-bond acceptors (Lipinski definition) is 2. The van der Waals surface area contributed by atoms with Crippen LogP contribution in [0.1, 0.15) is 25.5 Å². The van der Waals surface area contributed by atoms with Gasteiger partial charge in [0.1, 0.15) is 0 Å². The van der Waals surface area contributed by atoms with E-state index >= 15 is 0 Å². The number of halogens is 2. The molecule has 1 heterocycles. The van der Waals surface area contributed by atoms with Gasteiger partial charge >= 0.3 is 0 Å². The molecule has 1 aliphatic rings. The summed E-state index contributed by atoms with van der Waals surface area (Å²) in [6.45, 7) is 6.24. The van der Waals surface area contributed by atoms with Gasteiger partial charge in [0.05, 0.1) is 6.54 Å². The maximum Gasteiger partial charge on any atom is 0.193 e. The van der Waals surface area contributed by atoms with Crippen LogP contribution in [0.15, 0.2) is 21.7 Å². The molecule has 7 heteroatoms. The van der Waals surface area contributed by atoms with Gasteiger partial charge in [-0.1, -0.05) is 6.92 Å². The Morgan fingerprint density at radius 3 is 2.65 bits per heavy atom. The van der Waals surface area contributed by atoms with Crippen LogP contribution in [0.4, 0.5) is 0 Å². The third-order valence-electron chi connectivity index (χ3n) is 4.20. The lowest BCUT2D eigenvalue weighted by molar-refractivity contribution is 0.280. The van der Waals surface area contributed by atoms with Crippen molar-refractivity contribution in [2.45, 2.75) is 32.4 Å². The lowest BCUT2D eigenvalue weighted by atomic mass is 10.4. The minimum Gasteiger partial charge on any atom is -0.355 e. The maximum atomic E-state index is 4.40. The van der Waals surface area contributed by atoms with Gasteiger partial charge < -0.3 is 14.8 Å². The number of hydrogen-bond donors (Lipinski definition) is 1. The van der Waals surface area contributed by atoms with Gasteiger partial charge in [-0.25, -0.2) is 0 Å². The first-order chi connectivity index (χ1) is 10.5. The fourth-order valence-corrected chi connectivity index (χ4v) is 3.35. The van der Waals surface area contributed by atoms with Crippen molar-refractivity contribution in [3.05, 3.63) is 22.4 Å². The van der Waals surface area contributed by atoms with Crippen LogP contribution in [-0.2, 0) is 13.6 Å². The van der Waals surface area contributed by atoms with E-state index in [0.717, 1.165) is 42.7 Å². The van der Waals surface area contributed by atoms with Crippen molar-refractivity contribution in [2.24, 2.45) is 12.0 Å². The Balaban J connectivity index is 0.00000264. The molecule has 0 spiro atoms. The predicted octanol–water partition coefficient (Wildman–Crippen LogP) is 2.90. The van der Waals surface area contributed by atoms with Crippen LogP contribution in [0.5, 0.6) is 0 Å². The summed E-state index contributed by atoms with van der Waals surface area (Å²) in [6.07, 6.45) is 4.81. The molecule has 2 rings (SSSR count). The van der Waals surface area contributed by atoms with E-state index in [-0.39, 0.29) is 24.0 Å². The molecule has 0 aromatic carbocycles. The van der Waals surface area contributed by atoms with Crippen LogP contribution in [0.2, 0.25) is 0 Å². The summed E-state index contributed by atoms with van der Waals surface area (Å²) in [5.41, 5.74) is 1.26. The molecule has 1 aromatic rings. The molecule has 1 N–H and O–H groups in total. The second kappa shape index (κ2) is 9.88.